The summed E-state index contributed by atoms with van der Waals surface area (Å²) in [5.74, 6) is -1.49. The zero-order valence-electron chi connectivity index (χ0n) is 13.8. The van der Waals surface area contributed by atoms with Crippen LogP contribution in [0.1, 0.15) is 60.3 Å². The normalized spacial score (nSPS) is 12.9. The van der Waals surface area contributed by atoms with Crippen LogP contribution in [-0.2, 0) is 19.1 Å². The van der Waals surface area contributed by atoms with Crippen LogP contribution < -0.4 is 0 Å². The van der Waals surface area contributed by atoms with Crippen molar-refractivity contribution in [1.29, 1.82) is 0 Å². The number of alkyl halides is 3. The van der Waals surface area contributed by atoms with Crippen LogP contribution >= 0.6 is 0 Å². The van der Waals surface area contributed by atoms with Gasteiger partial charge in [-0.25, -0.2) is 0 Å². The van der Waals surface area contributed by atoms with E-state index in [2.05, 4.69) is 4.74 Å². The summed E-state index contributed by atoms with van der Waals surface area (Å²) in [7, 11) is 0. The molecule has 0 aliphatic rings. The van der Waals surface area contributed by atoms with Crippen molar-refractivity contribution in [2.45, 2.75) is 72.1 Å². The van der Waals surface area contributed by atoms with Gasteiger partial charge in [0.1, 0.15) is 5.60 Å². The molecule has 4 nitrogen and oxygen atoms in total. The molecule has 0 spiro atoms. The fourth-order valence-corrected chi connectivity index (χ4v) is 1.64. The summed E-state index contributed by atoms with van der Waals surface area (Å²) in [4.78, 5) is 23.8. The third-order valence-electron chi connectivity index (χ3n) is 3.90. The second-order valence-electron chi connectivity index (χ2n) is 5.97. The molecule has 0 aromatic rings. The lowest BCUT2D eigenvalue weighted by molar-refractivity contribution is -0.193. The van der Waals surface area contributed by atoms with E-state index >= 15 is 0 Å². The first kappa shape index (κ1) is 20.7. The Morgan fingerprint density at radius 3 is 1.82 bits per heavy atom. The SMILES string of the molecule is CCC(CC)(CC(=O)OCC(F)(F)F)OC(=O)C(C)(C)CC. The molecule has 0 atom stereocenters. The fraction of sp³-hybridized carbons (Fsp3) is 0.867. The summed E-state index contributed by atoms with van der Waals surface area (Å²) >= 11 is 0. The number of esters is 2. The van der Waals surface area contributed by atoms with Crippen LogP contribution in [0.5, 0.6) is 0 Å². The van der Waals surface area contributed by atoms with Crippen LogP contribution in [0.4, 0.5) is 13.2 Å². The van der Waals surface area contributed by atoms with E-state index in [1.807, 2.05) is 6.92 Å². The molecule has 0 N–H and O–H groups in total. The predicted octanol–water partition coefficient (Wildman–Crippen LogP) is 4.02. The van der Waals surface area contributed by atoms with E-state index in [1.54, 1.807) is 27.7 Å². The summed E-state index contributed by atoms with van der Waals surface area (Å²) in [6.45, 7) is 7.06. The summed E-state index contributed by atoms with van der Waals surface area (Å²) in [5, 5.41) is 0. The van der Waals surface area contributed by atoms with Crippen LogP contribution in [0.25, 0.3) is 0 Å². The smallest absolute Gasteiger partial charge is 0.422 e. The molecule has 0 radical (unpaired) electrons. The number of hydrogen-bond donors (Lipinski definition) is 0. The summed E-state index contributed by atoms with van der Waals surface area (Å²) in [6, 6.07) is 0. The average Bonchev–Trinajstić information content (AvgIpc) is 2.43. The van der Waals surface area contributed by atoms with E-state index in [0.717, 1.165) is 0 Å². The zero-order chi connectivity index (χ0) is 17.6. The van der Waals surface area contributed by atoms with Gasteiger partial charge in [0, 0.05) is 0 Å². The van der Waals surface area contributed by atoms with Gasteiger partial charge in [-0.2, -0.15) is 13.2 Å². The van der Waals surface area contributed by atoms with Gasteiger partial charge in [0.05, 0.1) is 11.8 Å². The Balaban J connectivity index is 4.89. The monoisotopic (exact) mass is 326 g/mol. The Kier molecular flexibility index (Phi) is 7.38. The van der Waals surface area contributed by atoms with Crippen molar-refractivity contribution < 1.29 is 32.2 Å². The van der Waals surface area contributed by atoms with Crippen LogP contribution in [0.3, 0.4) is 0 Å². The molecular formula is C15H25F3O4. The minimum Gasteiger partial charge on any atom is -0.458 e. The lowest BCUT2D eigenvalue weighted by Gasteiger charge is -2.34. The quantitative estimate of drug-likeness (QED) is 0.632. The number of ether oxygens (including phenoxy) is 2. The first-order valence-corrected chi connectivity index (χ1v) is 7.37. The molecule has 0 amide bonds. The third kappa shape index (κ3) is 6.66. The number of hydrogen-bond acceptors (Lipinski definition) is 4. The molecule has 0 saturated carbocycles. The summed E-state index contributed by atoms with van der Waals surface area (Å²) in [5.41, 5.74) is -1.85. The number of carbonyl (C=O) groups excluding carboxylic acids is 2. The molecule has 0 rings (SSSR count). The van der Waals surface area contributed by atoms with Gasteiger partial charge in [-0.05, 0) is 33.1 Å². The Morgan fingerprint density at radius 2 is 1.45 bits per heavy atom. The van der Waals surface area contributed by atoms with E-state index in [9.17, 15) is 22.8 Å². The lowest BCUT2D eigenvalue weighted by Crippen LogP contribution is -2.41. The maximum Gasteiger partial charge on any atom is 0.422 e. The van der Waals surface area contributed by atoms with Crippen LogP contribution in [0.15, 0.2) is 0 Å². The average molecular weight is 326 g/mol. The summed E-state index contributed by atoms with van der Waals surface area (Å²) < 4.78 is 45.9. The number of halogens is 3. The Bertz CT molecular complexity index is 385. The molecule has 0 aliphatic carbocycles. The van der Waals surface area contributed by atoms with Crippen molar-refractivity contribution in [3.05, 3.63) is 0 Å². The zero-order valence-corrected chi connectivity index (χ0v) is 13.8. The van der Waals surface area contributed by atoms with Crippen LogP contribution in [-0.4, -0.2) is 30.3 Å². The maximum absolute atomic E-state index is 12.2. The van der Waals surface area contributed by atoms with Gasteiger partial charge in [0.15, 0.2) is 6.61 Å². The number of carbonyl (C=O) groups is 2. The lowest BCUT2D eigenvalue weighted by atomic mass is 9.88. The Morgan fingerprint density at radius 1 is 0.955 bits per heavy atom. The van der Waals surface area contributed by atoms with E-state index in [1.165, 1.54) is 0 Å². The summed E-state index contributed by atoms with van der Waals surface area (Å²) in [6.07, 6.45) is -3.78. The molecule has 7 heteroatoms. The van der Waals surface area contributed by atoms with Crippen molar-refractivity contribution in [1.82, 2.24) is 0 Å². The van der Waals surface area contributed by atoms with E-state index in [-0.39, 0.29) is 6.42 Å². The molecule has 0 unspecified atom stereocenters. The Labute approximate surface area is 129 Å². The van der Waals surface area contributed by atoms with Crippen molar-refractivity contribution in [3.8, 4) is 0 Å². The first-order valence-electron chi connectivity index (χ1n) is 7.37. The second kappa shape index (κ2) is 7.83. The standard InChI is InChI=1S/C15H25F3O4/c1-6-13(4,5)12(20)22-14(7-2,8-3)9-11(19)21-10-15(16,17)18/h6-10H2,1-5H3. The highest BCUT2D eigenvalue weighted by atomic mass is 19.4. The molecule has 0 aromatic carbocycles. The largest absolute Gasteiger partial charge is 0.458 e. The number of rotatable bonds is 8. The van der Waals surface area contributed by atoms with Gasteiger partial charge >= 0.3 is 18.1 Å². The van der Waals surface area contributed by atoms with Crippen LogP contribution in [0.2, 0.25) is 0 Å². The van der Waals surface area contributed by atoms with Crippen molar-refractivity contribution in [2.75, 3.05) is 6.61 Å². The second-order valence-corrected chi connectivity index (χ2v) is 5.97. The van der Waals surface area contributed by atoms with Gasteiger partial charge in [0.25, 0.3) is 0 Å². The van der Waals surface area contributed by atoms with E-state index in [0.29, 0.717) is 19.3 Å². The van der Waals surface area contributed by atoms with Crippen molar-refractivity contribution >= 4 is 11.9 Å². The highest BCUT2D eigenvalue weighted by Gasteiger charge is 2.39. The van der Waals surface area contributed by atoms with E-state index < -0.39 is 35.7 Å². The van der Waals surface area contributed by atoms with Crippen molar-refractivity contribution in [2.24, 2.45) is 5.41 Å². The van der Waals surface area contributed by atoms with Gasteiger partial charge < -0.3 is 9.47 Å². The maximum atomic E-state index is 12.2. The third-order valence-corrected chi connectivity index (χ3v) is 3.90. The highest BCUT2D eigenvalue weighted by Crippen LogP contribution is 2.31. The van der Waals surface area contributed by atoms with Crippen LogP contribution in [0, 0.1) is 5.41 Å². The minimum atomic E-state index is -4.57. The van der Waals surface area contributed by atoms with Gasteiger partial charge in [0.2, 0.25) is 0 Å². The van der Waals surface area contributed by atoms with Crippen molar-refractivity contribution in [3.63, 3.8) is 0 Å². The molecule has 130 valence electrons. The molecule has 0 heterocycles. The molecule has 0 aliphatic heterocycles. The first-order chi connectivity index (χ1) is 9.91. The predicted molar refractivity (Wildman–Crippen MR) is 75.1 cm³/mol. The molecule has 0 fully saturated rings. The molecule has 0 bridgehead atoms. The molecule has 22 heavy (non-hydrogen) atoms. The Hall–Kier alpha value is -1.27. The topological polar surface area (TPSA) is 52.6 Å². The fourth-order valence-electron chi connectivity index (χ4n) is 1.64. The highest BCUT2D eigenvalue weighted by molar-refractivity contribution is 5.77. The molecular weight excluding hydrogens is 301 g/mol. The van der Waals surface area contributed by atoms with Gasteiger partial charge in [-0.15, -0.1) is 0 Å². The minimum absolute atomic E-state index is 0.316. The molecule has 0 saturated heterocycles. The van der Waals surface area contributed by atoms with Gasteiger partial charge in [-0.3, -0.25) is 9.59 Å². The van der Waals surface area contributed by atoms with E-state index in [4.69, 9.17) is 4.74 Å². The van der Waals surface area contributed by atoms with Gasteiger partial charge in [-0.1, -0.05) is 20.8 Å². The molecule has 0 aromatic heterocycles.